The number of likely N-dealkylation sites (N-methyl/N-ethyl adjacent to an activating group) is 1. The summed E-state index contributed by atoms with van der Waals surface area (Å²) in [4.78, 5) is 2.36. The molecular weight excluding hydrogens is 216 g/mol. The fraction of sp³-hybridized carbons (Fsp3) is 0.538. The molecule has 4 nitrogen and oxygen atoms in total. The molecule has 1 aromatic carbocycles. The minimum absolute atomic E-state index is 0.586. The molecule has 1 heterocycles. The van der Waals surface area contributed by atoms with Gasteiger partial charge < -0.3 is 19.7 Å². The van der Waals surface area contributed by atoms with Gasteiger partial charge in [-0.1, -0.05) is 0 Å². The zero-order valence-electron chi connectivity index (χ0n) is 10.7. The number of nitrogens with one attached hydrogen (secondary N) is 1. The van der Waals surface area contributed by atoms with Crippen LogP contribution in [0.25, 0.3) is 0 Å². The van der Waals surface area contributed by atoms with Gasteiger partial charge in [-0.3, -0.25) is 0 Å². The SMILES string of the molecule is CNC1CCN(c2ccc(OC)c(OC)c2)C1. The van der Waals surface area contributed by atoms with Crippen LogP contribution < -0.4 is 19.7 Å². The number of hydrogen-bond donors (Lipinski definition) is 1. The molecule has 1 fully saturated rings. The summed E-state index contributed by atoms with van der Waals surface area (Å²) in [5.41, 5.74) is 1.19. The summed E-state index contributed by atoms with van der Waals surface area (Å²) in [6.07, 6.45) is 1.19. The Hall–Kier alpha value is -1.42. The number of methoxy groups -OCH3 is 2. The summed E-state index contributed by atoms with van der Waals surface area (Å²) in [6, 6.07) is 6.67. The molecule has 1 aromatic rings. The third kappa shape index (κ3) is 2.47. The third-order valence-corrected chi connectivity index (χ3v) is 3.33. The van der Waals surface area contributed by atoms with E-state index in [0.29, 0.717) is 6.04 Å². The van der Waals surface area contributed by atoms with Crippen molar-refractivity contribution in [2.75, 3.05) is 39.3 Å². The summed E-state index contributed by atoms with van der Waals surface area (Å²) in [5, 5.41) is 3.32. The second-order valence-electron chi connectivity index (χ2n) is 4.26. The van der Waals surface area contributed by atoms with Crippen molar-refractivity contribution in [2.24, 2.45) is 0 Å². The Morgan fingerprint density at radius 3 is 2.59 bits per heavy atom. The number of nitrogens with zero attached hydrogens (tertiary/aromatic N) is 1. The van der Waals surface area contributed by atoms with Crippen LogP contribution in [0.1, 0.15) is 6.42 Å². The maximum Gasteiger partial charge on any atom is 0.162 e. The second-order valence-corrected chi connectivity index (χ2v) is 4.26. The van der Waals surface area contributed by atoms with Crippen LogP contribution in [0.5, 0.6) is 11.5 Å². The van der Waals surface area contributed by atoms with Gasteiger partial charge in [-0.05, 0) is 25.6 Å². The van der Waals surface area contributed by atoms with E-state index in [2.05, 4.69) is 16.3 Å². The number of hydrogen-bond acceptors (Lipinski definition) is 4. The van der Waals surface area contributed by atoms with Gasteiger partial charge in [0.05, 0.1) is 14.2 Å². The van der Waals surface area contributed by atoms with Crippen molar-refractivity contribution in [3.8, 4) is 11.5 Å². The Morgan fingerprint density at radius 1 is 1.24 bits per heavy atom. The molecule has 1 unspecified atom stereocenters. The molecule has 0 amide bonds. The van der Waals surface area contributed by atoms with Crippen molar-refractivity contribution < 1.29 is 9.47 Å². The van der Waals surface area contributed by atoms with Crippen molar-refractivity contribution >= 4 is 5.69 Å². The van der Waals surface area contributed by atoms with E-state index in [1.807, 2.05) is 19.2 Å². The lowest BCUT2D eigenvalue weighted by Crippen LogP contribution is -2.29. The molecule has 1 saturated heterocycles. The fourth-order valence-electron chi connectivity index (χ4n) is 2.25. The Bertz CT molecular complexity index is 382. The van der Waals surface area contributed by atoms with Gasteiger partial charge in [0.2, 0.25) is 0 Å². The maximum absolute atomic E-state index is 5.32. The molecule has 94 valence electrons. The van der Waals surface area contributed by atoms with Crippen LogP contribution in [-0.2, 0) is 0 Å². The highest BCUT2D eigenvalue weighted by Crippen LogP contribution is 2.32. The lowest BCUT2D eigenvalue weighted by Gasteiger charge is -2.20. The van der Waals surface area contributed by atoms with Crippen LogP contribution in [0.4, 0.5) is 5.69 Å². The highest BCUT2D eigenvalue weighted by molar-refractivity contribution is 5.57. The minimum Gasteiger partial charge on any atom is -0.493 e. The highest BCUT2D eigenvalue weighted by Gasteiger charge is 2.21. The minimum atomic E-state index is 0.586. The summed E-state index contributed by atoms with van der Waals surface area (Å²) < 4.78 is 10.6. The normalized spacial score (nSPS) is 19.5. The van der Waals surface area contributed by atoms with E-state index in [-0.39, 0.29) is 0 Å². The van der Waals surface area contributed by atoms with Crippen molar-refractivity contribution in [3.63, 3.8) is 0 Å². The summed E-state index contributed by atoms with van der Waals surface area (Å²) in [7, 11) is 5.34. The average Bonchev–Trinajstić information content (AvgIpc) is 2.86. The Balaban J connectivity index is 2.16. The topological polar surface area (TPSA) is 33.7 Å². The van der Waals surface area contributed by atoms with Crippen LogP contribution in [0.2, 0.25) is 0 Å². The van der Waals surface area contributed by atoms with E-state index >= 15 is 0 Å². The first-order chi connectivity index (χ1) is 8.28. The van der Waals surface area contributed by atoms with Crippen LogP contribution >= 0.6 is 0 Å². The summed E-state index contributed by atoms with van der Waals surface area (Å²) >= 11 is 0. The molecule has 0 bridgehead atoms. The van der Waals surface area contributed by atoms with Crippen LogP contribution in [-0.4, -0.2) is 40.4 Å². The van der Waals surface area contributed by atoms with Crippen molar-refractivity contribution in [3.05, 3.63) is 18.2 Å². The van der Waals surface area contributed by atoms with Gasteiger partial charge in [-0.25, -0.2) is 0 Å². The number of ether oxygens (including phenoxy) is 2. The standard InChI is InChI=1S/C13H20N2O2/c1-14-10-6-7-15(9-10)11-4-5-12(16-2)13(8-11)17-3/h4-5,8,10,14H,6-7,9H2,1-3H3. The molecule has 1 atom stereocenters. The van der Waals surface area contributed by atoms with Gasteiger partial charge in [-0.15, -0.1) is 0 Å². The van der Waals surface area contributed by atoms with E-state index in [1.165, 1.54) is 12.1 Å². The van der Waals surface area contributed by atoms with E-state index < -0.39 is 0 Å². The summed E-state index contributed by atoms with van der Waals surface area (Å²) in [5.74, 6) is 1.57. The quantitative estimate of drug-likeness (QED) is 0.859. The van der Waals surface area contributed by atoms with Gasteiger partial charge in [-0.2, -0.15) is 0 Å². The molecule has 0 radical (unpaired) electrons. The van der Waals surface area contributed by atoms with Gasteiger partial charge in [0.25, 0.3) is 0 Å². The van der Waals surface area contributed by atoms with Gasteiger partial charge in [0.15, 0.2) is 11.5 Å². The molecule has 0 aliphatic carbocycles. The van der Waals surface area contributed by atoms with E-state index in [9.17, 15) is 0 Å². The first-order valence-corrected chi connectivity index (χ1v) is 5.92. The smallest absolute Gasteiger partial charge is 0.162 e. The molecule has 17 heavy (non-hydrogen) atoms. The van der Waals surface area contributed by atoms with E-state index in [4.69, 9.17) is 9.47 Å². The highest BCUT2D eigenvalue weighted by atomic mass is 16.5. The molecular formula is C13H20N2O2. The zero-order chi connectivity index (χ0) is 12.3. The predicted octanol–water partition coefficient (Wildman–Crippen LogP) is 1.50. The van der Waals surface area contributed by atoms with Crippen molar-refractivity contribution in [1.29, 1.82) is 0 Å². The van der Waals surface area contributed by atoms with Gasteiger partial charge in [0.1, 0.15) is 0 Å². The van der Waals surface area contributed by atoms with E-state index in [0.717, 1.165) is 24.6 Å². The predicted molar refractivity (Wildman–Crippen MR) is 69.2 cm³/mol. The first-order valence-electron chi connectivity index (χ1n) is 5.92. The zero-order valence-corrected chi connectivity index (χ0v) is 10.7. The number of rotatable bonds is 4. The fourth-order valence-corrected chi connectivity index (χ4v) is 2.25. The summed E-state index contributed by atoms with van der Waals surface area (Å²) in [6.45, 7) is 2.13. The molecule has 1 aliphatic heterocycles. The number of benzene rings is 1. The van der Waals surface area contributed by atoms with Crippen LogP contribution in [0.3, 0.4) is 0 Å². The Kier molecular flexibility index (Phi) is 3.74. The number of anilines is 1. The van der Waals surface area contributed by atoms with Crippen molar-refractivity contribution in [1.82, 2.24) is 5.32 Å². The molecule has 4 heteroatoms. The second kappa shape index (κ2) is 5.27. The lowest BCUT2D eigenvalue weighted by atomic mass is 10.2. The van der Waals surface area contributed by atoms with Crippen LogP contribution in [0.15, 0.2) is 18.2 Å². The van der Waals surface area contributed by atoms with Crippen molar-refractivity contribution in [2.45, 2.75) is 12.5 Å². The van der Waals surface area contributed by atoms with Gasteiger partial charge in [0, 0.05) is 30.9 Å². The van der Waals surface area contributed by atoms with Gasteiger partial charge >= 0.3 is 0 Å². The van der Waals surface area contributed by atoms with E-state index in [1.54, 1.807) is 14.2 Å². The molecule has 1 aliphatic rings. The molecule has 0 aromatic heterocycles. The average molecular weight is 236 g/mol. The molecule has 0 saturated carbocycles. The maximum atomic E-state index is 5.32. The Morgan fingerprint density at radius 2 is 2.00 bits per heavy atom. The lowest BCUT2D eigenvalue weighted by molar-refractivity contribution is 0.355. The molecule has 2 rings (SSSR count). The third-order valence-electron chi connectivity index (χ3n) is 3.33. The first kappa shape index (κ1) is 12.0. The molecule has 0 spiro atoms. The Labute approximate surface area is 103 Å². The largest absolute Gasteiger partial charge is 0.493 e. The monoisotopic (exact) mass is 236 g/mol. The molecule has 1 N–H and O–H groups in total. The van der Waals surface area contributed by atoms with Crippen LogP contribution in [0, 0.1) is 0 Å².